The third-order valence-corrected chi connectivity index (χ3v) is 3.13. The first-order chi connectivity index (χ1) is 10.7. The van der Waals surface area contributed by atoms with Crippen LogP contribution in [0.3, 0.4) is 0 Å². The van der Waals surface area contributed by atoms with E-state index in [9.17, 15) is 18.0 Å². The molecular formula is C16H18F3NO3. The molecule has 0 saturated carbocycles. The van der Waals surface area contributed by atoms with Gasteiger partial charge in [-0.3, -0.25) is 0 Å². The first kappa shape index (κ1) is 17.2. The average molecular weight is 329 g/mol. The Kier molecular flexibility index (Phi) is 4.87. The highest BCUT2D eigenvalue weighted by atomic mass is 19.2. The predicted octanol–water partition coefficient (Wildman–Crippen LogP) is 3.97. The summed E-state index contributed by atoms with van der Waals surface area (Å²) in [5, 5.41) is 2.57. The third kappa shape index (κ3) is 4.40. The van der Waals surface area contributed by atoms with Crippen LogP contribution in [0.1, 0.15) is 38.9 Å². The number of hydrogen-bond acceptors (Lipinski definition) is 3. The first-order valence-electron chi connectivity index (χ1n) is 7.12. The van der Waals surface area contributed by atoms with Crippen molar-refractivity contribution >= 4 is 6.09 Å². The van der Waals surface area contributed by atoms with Crippen molar-refractivity contribution < 1.29 is 27.4 Å². The molecule has 0 unspecified atom stereocenters. The standard InChI is InChI=1S/C16H18F3NO3/c1-16(2,3)23-15(21)20-13-5-4-6-22-14(13)9-7-11(18)12(19)8-10(9)17/h4,6-8,13-14H,5H2,1-3H3,(H,20,21)/t13-,14+/m0/s1. The maximum Gasteiger partial charge on any atom is 0.408 e. The van der Waals surface area contributed by atoms with Gasteiger partial charge in [0.1, 0.15) is 17.5 Å². The van der Waals surface area contributed by atoms with Crippen LogP contribution in [0.2, 0.25) is 0 Å². The monoisotopic (exact) mass is 329 g/mol. The third-order valence-electron chi connectivity index (χ3n) is 3.13. The van der Waals surface area contributed by atoms with Gasteiger partial charge in [-0.05, 0) is 39.3 Å². The van der Waals surface area contributed by atoms with Gasteiger partial charge in [0, 0.05) is 11.6 Å². The smallest absolute Gasteiger partial charge is 0.408 e. The molecule has 4 nitrogen and oxygen atoms in total. The van der Waals surface area contributed by atoms with Crippen molar-refractivity contribution in [3.05, 3.63) is 47.5 Å². The number of alkyl carbamates (subject to hydrolysis) is 1. The minimum atomic E-state index is -1.28. The Hall–Kier alpha value is -2.18. The average Bonchev–Trinajstić information content (AvgIpc) is 2.41. The van der Waals surface area contributed by atoms with E-state index in [-0.39, 0.29) is 5.56 Å². The molecule has 1 N–H and O–H groups in total. The summed E-state index contributed by atoms with van der Waals surface area (Å²) in [7, 11) is 0. The van der Waals surface area contributed by atoms with Gasteiger partial charge in [0.25, 0.3) is 0 Å². The van der Waals surface area contributed by atoms with Crippen LogP contribution in [0, 0.1) is 17.5 Å². The number of carbonyl (C=O) groups excluding carboxylic acids is 1. The van der Waals surface area contributed by atoms with E-state index in [4.69, 9.17) is 9.47 Å². The van der Waals surface area contributed by atoms with Crippen molar-refractivity contribution in [2.75, 3.05) is 0 Å². The molecule has 2 atom stereocenters. The summed E-state index contributed by atoms with van der Waals surface area (Å²) in [4.78, 5) is 11.9. The lowest BCUT2D eigenvalue weighted by molar-refractivity contribution is 0.0367. The largest absolute Gasteiger partial charge is 0.491 e. The summed E-state index contributed by atoms with van der Waals surface area (Å²) >= 11 is 0. The van der Waals surface area contributed by atoms with Gasteiger partial charge < -0.3 is 14.8 Å². The van der Waals surface area contributed by atoms with Crippen LogP contribution in [-0.2, 0) is 9.47 Å². The van der Waals surface area contributed by atoms with Crippen molar-refractivity contribution in [1.29, 1.82) is 0 Å². The number of benzene rings is 1. The Bertz CT molecular complexity index is 626. The predicted molar refractivity (Wildman–Crippen MR) is 77.1 cm³/mol. The highest BCUT2D eigenvalue weighted by Gasteiger charge is 2.32. The molecule has 0 bridgehead atoms. The molecule has 1 aromatic carbocycles. The number of nitrogens with one attached hydrogen (secondary N) is 1. The van der Waals surface area contributed by atoms with Crippen LogP contribution < -0.4 is 5.32 Å². The normalized spacial score (nSPS) is 20.8. The molecule has 0 fully saturated rings. The van der Waals surface area contributed by atoms with Crippen LogP contribution >= 0.6 is 0 Å². The molecule has 0 aliphatic carbocycles. The quantitative estimate of drug-likeness (QED) is 0.835. The van der Waals surface area contributed by atoms with Crippen LogP contribution in [0.15, 0.2) is 24.5 Å². The minimum absolute atomic E-state index is 0.172. The Morgan fingerprint density at radius 1 is 1.22 bits per heavy atom. The highest BCUT2D eigenvalue weighted by Crippen LogP contribution is 2.30. The molecule has 126 valence electrons. The number of amides is 1. The van der Waals surface area contributed by atoms with Gasteiger partial charge in [-0.1, -0.05) is 0 Å². The van der Waals surface area contributed by atoms with E-state index in [2.05, 4.69) is 5.32 Å². The fourth-order valence-corrected chi connectivity index (χ4v) is 2.20. The molecule has 1 heterocycles. The fraction of sp³-hybridized carbons (Fsp3) is 0.438. The molecular weight excluding hydrogens is 311 g/mol. The Labute approximate surface area is 132 Å². The lowest BCUT2D eigenvalue weighted by Crippen LogP contribution is -2.43. The van der Waals surface area contributed by atoms with Crippen molar-refractivity contribution in [2.45, 2.75) is 44.9 Å². The zero-order valence-electron chi connectivity index (χ0n) is 13.0. The highest BCUT2D eigenvalue weighted by molar-refractivity contribution is 5.68. The molecule has 23 heavy (non-hydrogen) atoms. The van der Waals surface area contributed by atoms with E-state index in [1.165, 1.54) is 6.26 Å². The zero-order valence-corrected chi connectivity index (χ0v) is 13.0. The van der Waals surface area contributed by atoms with E-state index in [1.54, 1.807) is 26.8 Å². The second-order valence-electron chi connectivity index (χ2n) is 6.20. The lowest BCUT2D eigenvalue weighted by Gasteiger charge is -2.31. The SMILES string of the molecule is CC(C)(C)OC(=O)N[C@H]1CC=CO[C@@H]1c1cc(F)c(F)cc1F. The molecule has 2 rings (SSSR count). The van der Waals surface area contributed by atoms with Crippen molar-refractivity contribution in [3.8, 4) is 0 Å². The summed E-state index contributed by atoms with van der Waals surface area (Å²) in [6, 6.07) is 0.518. The molecule has 7 heteroatoms. The molecule has 1 aromatic rings. The number of carbonyl (C=O) groups is 1. The van der Waals surface area contributed by atoms with E-state index < -0.39 is 41.3 Å². The molecule has 1 amide bonds. The zero-order chi connectivity index (χ0) is 17.2. The summed E-state index contributed by atoms with van der Waals surface area (Å²) < 4.78 is 50.8. The van der Waals surface area contributed by atoms with E-state index in [1.807, 2.05) is 0 Å². The van der Waals surface area contributed by atoms with Gasteiger partial charge >= 0.3 is 6.09 Å². The van der Waals surface area contributed by atoms with Crippen molar-refractivity contribution in [1.82, 2.24) is 5.32 Å². The molecule has 0 aromatic heterocycles. The van der Waals surface area contributed by atoms with Crippen LogP contribution in [0.25, 0.3) is 0 Å². The van der Waals surface area contributed by atoms with Gasteiger partial charge in [0.05, 0.1) is 12.3 Å². The topological polar surface area (TPSA) is 47.6 Å². The Balaban J connectivity index is 2.21. The molecule has 0 radical (unpaired) electrons. The summed E-state index contributed by atoms with van der Waals surface area (Å²) in [6.07, 6.45) is 1.62. The van der Waals surface area contributed by atoms with Gasteiger partial charge in [0.2, 0.25) is 0 Å². The number of halogens is 3. The van der Waals surface area contributed by atoms with Crippen LogP contribution in [-0.4, -0.2) is 17.7 Å². The Morgan fingerprint density at radius 3 is 2.52 bits per heavy atom. The van der Waals surface area contributed by atoms with Crippen LogP contribution in [0.5, 0.6) is 0 Å². The van der Waals surface area contributed by atoms with Gasteiger partial charge in [-0.25, -0.2) is 18.0 Å². The summed E-state index contributed by atoms with van der Waals surface area (Å²) in [5.74, 6) is -3.41. The maximum absolute atomic E-state index is 13.9. The van der Waals surface area contributed by atoms with Crippen molar-refractivity contribution in [3.63, 3.8) is 0 Å². The molecule has 1 aliphatic heterocycles. The fourth-order valence-electron chi connectivity index (χ4n) is 2.20. The second-order valence-corrected chi connectivity index (χ2v) is 6.20. The lowest BCUT2D eigenvalue weighted by atomic mass is 9.97. The van der Waals surface area contributed by atoms with Gasteiger partial charge in [-0.2, -0.15) is 0 Å². The van der Waals surface area contributed by atoms with Crippen LogP contribution in [0.4, 0.5) is 18.0 Å². The Morgan fingerprint density at radius 2 is 1.87 bits per heavy atom. The first-order valence-corrected chi connectivity index (χ1v) is 7.12. The second kappa shape index (κ2) is 6.52. The van der Waals surface area contributed by atoms with Gasteiger partial charge in [0.15, 0.2) is 11.6 Å². The molecule has 1 aliphatic rings. The summed E-state index contributed by atoms with van der Waals surface area (Å²) in [6.45, 7) is 5.11. The molecule has 0 spiro atoms. The number of rotatable bonds is 2. The number of hydrogen-bond donors (Lipinski definition) is 1. The molecule has 0 saturated heterocycles. The van der Waals surface area contributed by atoms with E-state index in [0.717, 1.165) is 6.07 Å². The van der Waals surface area contributed by atoms with Gasteiger partial charge in [-0.15, -0.1) is 0 Å². The maximum atomic E-state index is 13.9. The van der Waals surface area contributed by atoms with E-state index >= 15 is 0 Å². The minimum Gasteiger partial charge on any atom is -0.491 e. The number of ether oxygens (including phenoxy) is 2. The van der Waals surface area contributed by atoms with E-state index in [0.29, 0.717) is 12.5 Å². The van der Waals surface area contributed by atoms with Crippen molar-refractivity contribution in [2.24, 2.45) is 0 Å². The summed E-state index contributed by atoms with van der Waals surface area (Å²) in [5.41, 5.74) is -0.868.